The number of halogens is 1. The lowest BCUT2D eigenvalue weighted by atomic mass is 9.93. The maximum absolute atomic E-state index is 13.0. The van der Waals surface area contributed by atoms with E-state index in [9.17, 15) is 4.79 Å². The summed E-state index contributed by atoms with van der Waals surface area (Å²) in [6.07, 6.45) is 3.88. The molecule has 4 rings (SSSR count). The van der Waals surface area contributed by atoms with E-state index >= 15 is 0 Å². The van der Waals surface area contributed by atoms with Crippen LogP contribution in [-0.2, 0) is 0 Å². The second-order valence-corrected chi connectivity index (χ2v) is 8.47. The highest BCUT2D eigenvalue weighted by atomic mass is 35.5. The summed E-state index contributed by atoms with van der Waals surface area (Å²) in [6.45, 7) is 3.52. The van der Waals surface area contributed by atoms with Gasteiger partial charge in [-0.05, 0) is 57.2 Å². The van der Waals surface area contributed by atoms with Gasteiger partial charge in [0.05, 0.1) is 5.02 Å². The highest BCUT2D eigenvalue weighted by molar-refractivity contribution is 6.32. The second-order valence-electron chi connectivity index (χ2n) is 8.07. The number of piperidine rings is 2. The average molecular weight is 414 g/mol. The fourth-order valence-electron chi connectivity index (χ4n) is 4.16. The van der Waals surface area contributed by atoms with Crippen LogP contribution in [0.4, 0.5) is 0 Å². The van der Waals surface area contributed by atoms with Crippen molar-refractivity contribution in [1.82, 2.24) is 14.8 Å². The van der Waals surface area contributed by atoms with Crippen LogP contribution in [0.5, 0.6) is 5.75 Å². The van der Waals surface area contributed by atoms with Crippen LogP contribution in [0.3, 0.4) is 0 Å². The monoisotopic (exact) mass is 413 g/mol. The van der Waals surface area contributed by atoms with Gasteiger partial charge in [-0.15, -0.1) is 0 Å². The van der Waals surface area contributed by atoms with Crippen LogP contribution in [0.25, 0.3) is 0 Å². The third kappa shape index (κ3) is 4.90. The maximum Gasteiger partial charge on any atom is 0.272 e. The van der Waals surface area contributed by atoms with Crippen molar-refractivity contribution in [1.29, 1.82) is 0 Å². The van der Waals surface area contributed by atoms with Crippen LogP contribution in [-0.4, -0.2) is 60.0 Å². The first-order valence-electron chi connectivity index (χ1n) is 10.5. The Kier molecular flexibility index (Phi) is 6.36. The van der Waals surface area contributed by atoms with Crippen molar-refractivity contribution < 1.29 is 9.53 Å². The zero-order valence-corrected chi connectivity index (χ0v) is 17.6. The molecule has 6 heteroatoms. The lowest BCUT2D eigenvalue weighted by Crippen LogP contribution is -2.42. The van der Waals surface area contributed by atoms with Gasteiger partial charge in [0.2, 0.25) is 0 Å². The van der Waals surface area contributed by atoms with Gasteiger partial charge in [0, 0.05) is 37.5 Å². The fraction of sp³-hybridized carbons (Fsp3) is 0.478. The molecule has 1 aromatic heterocycles. The third-order valence-corrected chi connectivity index (χ3v) is 6.30. The van der Waals surface area contributed by atoms with E-state index < -0.39 is 0 Å². The molecule has 2 aliphatic heterocycles. The molecule has 2 fully saturated rings. The van der Waals surface area contributed by atoms with Crippen LogP contribution in [0.1, 0.15) is 47.8 Å². The molecule has 0 N–H and O–H groups in total. The number of amides is 1. The van der Waals surface area contributed by atoms with Crippen LogP contribution in [0.15, 0.2) is 42.5 Å². The molecule has 154 valence electrons. The number of benzene rings is 1. The fourth-order valence-corrected chi connectivity index (χ4v) is 4.34. The van der Waals surface area contributed by atoms with Gasteiger partial charge >= 0.3 is 0 Å². The van der Waals surface area contributed by atoms with Crippen molar-refractivity contribution in [3.63, 3.8) is 0 Å². The topological polar surface area (TPSA) is 45.7 Å². The summed E-state index contributed by atoms with van der Waals surface area (Å²) in [6, 6.07) is 13.4. The summed E-state index contributed by atoms with van der Waals surface area (Å²) in [7, 11) is 2.16. The van der Waals surface area contributed by atoms with Crippen molar-refractivity contribution in [3.8, 4) is 5.75 Å². The van der Waals surface area contributed by atoms with E-state index in [1.54, 1.807) is 0 Å². The highest BCUT2D eigenvalue weighted by Crippen LogP contribution is 2.28. The van der Waals surface area contributed by atoms with Gasteiger partial charge in [-0.2, -0.15) is 0 Å². The van der Waals surface area contributed by atoms with Crippen molar-refractivity contribution in [2.45, 2.75) is 37.7 Å². The minimum Gasteiger partial charge on any atom is -0.489 e. The van der Waals surface area contributed by atoms with Gasteiger partial charge in [-0.25, -0.2) is 4.98 Å². The van der Waals surface area contributed by atoms with Crippen molar-refractivity contribution in [3.05, 3.63) is 58.9 Å². The molecular weight excluding hydrogens is 386 g/mol. The molecule has 3 heterocycles. The highest BCUT2D eigenvalue weighted by Gasteiger charge is 2.27. The Morgan fingerprint density at radius 1 is 1.00 bits per heavy atom. The Balaban J connectivity index is 1.35. The predicted molar refractivity (Wildman–Crippen MR) is 115 cm³/mol. The summed E-state index contributed by atoms with van der Waals surface area (Å²) in [5.41, 5.74) is 1.62. The summed E-state index contributed by atoms with van der Waals surface area (Å²) in [5.74, 6) is 1.19. The second kappa shape index (κ2) is 9.14. The Labute approximate surface area is 177 Å². The first-order chi connectivity index (χ1) is 14.1. The third-order valence-electron chi connectivity index (χ3n) is 5.99. The SMILES string of the molecule is CN1CCC(c2cccc(C(=O)N3CCC(Oc4ccccc4Cl)CC3)n2)CC1. The molecule has 0 aliphatic carbocycles. The Morgan fingerprint density at radius 3 is 2.45 bits per heavy atom. The molecule has 1 aromatic carbocycles. The van der Waals surface area contributed by atoms with Crippen molar-refractivity contribution in [2.75, 3.05) is 33.2 Å². The summed E-state index contributed by atoms with van der Waals surface area (Å²) in [4.78, 5) is 22.0. The lowest BCUT2D eigenvalue weighted by Gasteiger charge is -2.32. The van der Waals surface area contributed by atoms with E-state index in [0.717, 1.165) is 44.5 Å². The summed E-state index contributed by atoms with van der Waals surface area (Å²) in [5, 5.41) is 0.626. The molecule has 0 radical (unpaired) electrons. The number of pyridine rings is 1. The normalized spacial score (nSPS) is 19.3. The molecule has 2 aliphatic rings. The number of aromatic nitrogens is 1. The van der Waals surface area contributed by atoms with E-state index in [-0.39, 0.29) is 12.0 Å². The molecule has 0 bridgehead atoms. The molecule has 2 saturated heterocycles. The van der Waals surface area contributed by atoms with Crippen molar-refractivity contribution in [2.24, 2.45) is 0 Å². The van der Waals surface area contributed by atoms with Crippen LogP contribution in [0.2, 0.25) is 5.02 Å². The smallest absolute Gasteiger partial charge is 0.272 e. The quantitative estimate of drug-likeness (QED) is 0.752. The minimum atomic E-state index is 0.0240. The zero-order chi connectivity index (χ0) is 20.2. The maximum atomic E-state index is 13.0. The van der Waals surface area contributed by atoms with Crippen molar-refractivity contribution >= 4 is 17.5 Å². The Hall–Kier alpha value is -2.11. The van der Waals surface area contributed by atoms with E-state index in [0.29, 0.717) is 35.5 Å². The number of carbonyl (C=O) groups excluding carboxylic acids is 1. The Morgan fingerprint density at radius 2 is 1.72 bits per heavy atom. The van der Waals surface area contributed by atoms with E-state index in [1.807, 2.05) is 41.3 Å². The van der Waals surface area contributed by atoms with Crippen LogP contribution < -0.4 is 4.74 Å². The first kappa shape index (κ1) is 20.2. The number of carbonyl (C=O) groups is 1. The number of nitrogens with zero attached hydrogens (tertiary/aromatic N) is 3. The van der Waals surface area contributed by atoms with E-state index in [1.165, 1.54) is 0 Å². The number of rotatable bonds is 4. The standard InChI is InChI=1S/C23H28ClN3O2/c1-26-13-9-17(10-14-26)20-6-4-7-21(25-20)23(28)27-15-11-18(12-16-27)29-22-8-3-2-5-19(22)24/h2-8,17-18H,9-16H2,1H3. The Bertz CT molecular complexity index is 844. The number of para-hydroxylation sites is 1. The van der Waals surface area contributed by atoms with Crippen LogP contribution >= 0.6 is 11.6 Å². The summed E-state index contributed by atoms with van der Waals surface area (Å²) >= 11 is 6.19. The molecule has 0 saturated carbocycles. The number of likely N-dealkylation sites (tertiary alicyclic amines) is 2. The van der Waals surface area contributed by atoms with E-state index in [2.05, 4.69) is 18.0 Å². The van der Waals surface area contributed by atoms with E-state index in [4.69, 9.17) is 21.3 Å². The largest absolute Gasteiger partial charge is 0.489 e. The van der Waals surface area contributed by atoms with Gasteiger partial charge < -0.3 is 14.5 Å². The van der Waals surface area contributed by atoms with Gasteiger partial charge in [-0.3, -0.25) is 4.79 Å². The molecule has 0 atom stereocenters. The van der Waals surface area contributed by atoms with Crippen LogP contribution in [0, 0.1) is 0 Å². The van der Waals surface area contributed by atoms with Gasteiger partial charge in [0.1, 0.15) is 17.5 Å². The molecular formula is C23H28ClN3O2. The molecule has 29 heavy (non-hydrogen) atoms. The number of ether oxygens (including phenoxy) is 1. The van der Waals surface area contributed by atoms with Gasteiger partial charge in [0.25, 0.3) is 5.91 Å². The molecule has 1 amide bonds. The summed E-state index contributed by atoms with van der Waals surface area (Å²) < 4.78 is 6.04. The number of hydrogen-bond acceptors (Lipinski definition) is 4. The van der Waals surface area contributed by atoms with Gasteiger partial charge in [0.15, 0.2) is 0 Å². The zero-order valence-electron chi connectivity index (χ0n) is 16.9. The number of hydrogen-bond donors (Lipinski definition) is 0. The average Bonchev–Trinajstić information content (AvgIpc) is 2.76. The predicted octanol–water partition coefficient (Wildman–Crippen LogP) is 4.23. The molecule has 0 unspecified atom stereocenters. The minimum absolute atomic E-state index is 0.0240. The lowest BCUT2D eigenvalue weighted by molar-refractivity contribution is 0.0590. The first-order valence-corrected chi connectivity index (χ1v) is 10.8. The molecule has 5 nitrogen and oxygen atoms in total. The molecule has 0 spiro atoms. The molecule has 2 aromatic rings. The van der Waals surface area contributed by atoms with Gasteiger partial charge in [-0.1, -0.05) is 29.8 Å².